The van der Waals surface area contributed by atoms with Gasteiger partial charge in [0.05, 0.1) is 41.0 Å². The first-order valence-electron chi connectivity index (χ1n) is 11.5. The van der Waals surface area contributed by atoms with Crippen molar-refractivity contribution in [1.82, 2.24) is 9.62 Å². The molecule has 188 valence electrons. The number of nitrogens with one attached hydrogen (secondary N) is 2. The summed E-state index contributed by atoms with van der Waals surface area (Å²) < 4.78 is 48.1. The van der Waals surface area contributed by atoms with Crippen LogP contribution in [0.15, 0.2) is 63.7 Å². The number of fused-ring (bicyclic) bond motifs is 6. The zero-order valence-corrected chi connectivity index (χ0v) is 20.8. The van der Waals surface area contributed by atoms with E-state index in [9.17, 15) is 22.7 Å². The second kappa shape index (κ2) is 8.49. The molecule has 4 atom stereocenters. The Kier molecular flexibility index (Phi) is 5.50. The van der Waals surface area contributed by atoms with Crippen molar-refractivity contribution in [3.63, 3.8) is 0 Å². The van der Waals surface area contributed by atoms with Crippen LogP contribution < -0.4 is 9.44 Å². The Bertz CT molecular complexity index is 1430. The third kappa shape index (κ3) is 4.02. The van der Waals surface area contributed by atoms with E-state index in [0.717, 1.165) is 24.7 Å². The number of benzene rings is 2. The number of hydrogen-bond acceptors (Lipinski definition) is 8. The molecule has 2 aromatic rings. The van der Waals surface area contributed by atoms with Crippen LogP contribution in [0.4, 0.5) is 15.8 Å². The number of aliphatic imine (C=N–C) groups is 1. The fourth-order valence-electron chi connectivity index (χ4n) is 5.45. The minimum absolute atomic E-state index is 0.0294. The average Bonchev–Trinajstić information content (AvgIpc) is 3.44. The molecule has 2 aromatic carbocycles. The molecule has 0 aliphatic carbocycles. The van der Waals surface area contributed by atoms with Crippen LogP contribution in [0.2, 0.25) is 0 Å². The van der Waals surface area contributed by atoms with Gasteiger partial charge in [-0.25, -0.2) is 17.8 Å². The zero-order valence-electron chi connectivity index (χ0n) is 19.1. The molecule has 2 bridgehead atoms. The van der Waals surface area contributed by atoms with Gasteiger partial charge >= 0.3 is 0 Å². The molecular weight excluding hydrogens is 507 g/mol. The first-order valence-corrected chi connectivity index (χ1v) is 14.2. The molecular formula is C24H23FN4O5S2. The Labute approximate surface area is 211 Å². The molecule has 9 nitrogen and oxygen atoms in total. The van der Waals surface area contributed by atoms with Crippen molar-refractivity contribution in [3.05, 3.63) is 65.2 Å². The van der Waals surface area contributed by atoms with Crippen molar-refractivity contribution < 1.29 is 27.4 Å². The molecule has 12 heteroatoms. The topological polar surface area (TPSA) is 120 Å². The van der Waals surface area contributed by atoms with E-state index in [-0.39, 0.29) is 59.6 Å². The summed E-state index contributed by atoms with van der Waals surface area (Å²) in [6, 6.07) is 10.6. The van der Waals surface area contributed by atoms with Gasteiger partial charge in [-0.05, 0) is 60.7 Å². The van der Waals surface area contributed by atoms with Crippen LogP contribution in [-0.2, 0) is 26.1 Å². The molecule has 0 spiro atoms. The molecule has 4 heterocycles. The van der Waals surface area contributed by atoms with Gasteiger partial charge in [0.1, 0.15) is 17.1 Å². The van der Waals surface area contributed by atoms with Gasteiger partial charge in [0, 0.05) is 12.2 Å². The second-order valence-corrected chi connectivity index (χ2v) is 11.9. The van der Waals surface area contributed by atoms with E-state index in [4.69, 9.17) is 4.74 Å². The van der Waals surface area contributed by atoms with Crippen LogP contribution in [0.3, 0.4) is 0 Å². The third-order valence-electron chi connectivity index (χ3n) is 6.90. The standard InChI is InChI=1S/C24H23FN4O5S2/c1-36(32,33)28-14-6-7-15-18(10-14)35-27-23(26-15)20-22(30)19-16-8-9-17(34-16)21(19)29(24(20)31)11-12-2-4-13(25)5-3-12/h2-7,10,16-17,19,21,28,30H,8-9,11H2,1H3,(H,26,27). The van der Waals surface area contributed by atoms with E-state index in [1.165, 1.54) is 24.1 Å². The smallest absolute Gasteiger partial charge is 0.261 e. The van der Waals surface area contributed by atoms with Crippen LogP contribution in [0.5, 0.6) is 0 Å². The summed E-state index contributed by atoms with van der Waals surface area (Å²) in [6.45, 7) is 0.251. The second-order valence-electron chi connectivity index (χ2n) is 9.35. The number of anilines is 1. The number of rotatable bonds is 5. The van der Waals surface area contributed by atoms with Crippen molar-refractivity contribution in [1.29, 1.82) is 0 Å². The van der Waals surface area contributed by atoms with Gasteiger partial charge < -0.3 is 19.5 Å². The number of carbonyl (C=O) groups excluding carboxylic acids is 1. The van der Waals surface area contributed by atoms with Gasteiger partial charge in [0.25, 0.3) is 5.91 Å². The molecule has 3 N–H and O–H groups in total. The fourth-order valence-corrected chi connectivity index (χ4v) is 6.76. The lowest BCUT2D eigenvalue weighted by atomic mass is 9.78. The predicted octanol–water partition coefficient (Wildman–Crippen LogP) is 3.24. The highest BCUT2D eigenvalue weighted by Crippen LogP contribution is 2.48. The molecule has 0 aromatic heterocycles. The van der Waals surface area contributed by atoms with Crippen LogP contribution >= 0.6 is 11.9 Å². The number of ether oxygens (including phenoxy) is 1. The molecule has 6 rings (SSSR count). The quantitative estimate of drug-likeness (QED) is 0.508. The maximum Gasteiger partial charge on any atom is 0.261 e. The highest BCUT2D eigenvalue weighted by atomic mass is 32.2. The van der Waals surface area contributed by atoms with E-state index < -0.39 is 10.0 Å². The minimum Gasteiger partial charge on any atom is -0.511 e. The largest absolute Gasteiger partial charge is 0.511 e. The zero-order chi connectivity index (χ0) is 25.2. The Morgan fingerprint density at radius 1 is 1.22 bits per heavy atom. The summed E-state index contributed by atoms with van der Waals surface area (Å²) in [6.07, 6.45) is 2.34. The third-order valence-corrected chi connectivity index (χ3v) is 8.35. The summed E-state index contributed by atoms with van der Waals surface area (Å²) in [5, 5.41) is 11.3. The van der Waals surface area contributed by atoms with Gasteiger partial charge in [-0.1, -0.05) is 12.1 Å². The van der Waals surface area contributed by atoms with Crippen LogP contribution in [-0.4, -0.2) is 54.7 Å². The summed E-state index contributed by atoms with van der Waals surface area (Å²) in [4.78, 5) is 20.8. The number of aliphatic hydroxyl groups excluding tert-OH is 1. The number of amides is 1. The lowest BCUT2D eigenvalue weighted by molar-refractivity contribution is -0.133. The molecule has 4 unspecified atom stereocenters. The molecule has 36 heavy (non-hydrogen) atoms. The number of carbonyl (C=O) groups is 1. The highest BCUT2D eigenvalue weighted by Gasteiger charge is 2.58. The SMILES string of the molecule is CS(=O)(=O)Nc1ccc2c(c1)SNC(C1=C(O)C3C4CCC(O4)C3N(Cc3ccc(F)cc3)C1=O)=N2. The van der Waals surface area contributed by atoms with Crippen molar-refractivity contribution in [2.24, 2.45) is 10.9 Å². The fraction of sp³-hybridized carbons (Fsp3) is 0.333. The van der Waals surface area contributed by atoms with Crippen molar-refractivity contribution >= 4 is 45.1 Å². The molecule has 4 aliphatic rings. The van der Waals surface area contributed by atoms with E-state index in [0.29, 0.717) is 16.3 Å². The number of aliphatic hydroxyl groups is 1. The molecule has 0 radical (unpaired) electrons. The van der Waals surface area contributed by atoms with Gasteiger partial charge in [-0.2, -0.15) is 0 Å². The van der Waals surface area contributed by atoms with E-state index in [2.05, 4.69) is 14.4 Å². The lowest BCUT2D eigenvalue weighted by Gasteiger charge is -2.42. The number of nitrogens with zero attached hydrogens (tertiary/aromatic N) is 2. The van der Waals surface area contributed by atoms with Crippen molar-refractivity contribution in [3.8, 4) is 0 Å². The van der Waals surface area contributed by atoms with Crippen molar-refractivity contribution in [2.75, 3.05) is 11.0 Å². The number of sulfonamides is 1. The summed E-state index contributed by atoms with van der Waals surface area (Å²) in [7, 11) is -3.43. The van der Waals surface area contributed by atoms with Gasteiger partial charge in [-0.15, -0.1) is 0 Å². The van der Waals surface area contributed by atoms with Crippen molar-refractivity contribution in [2.45, 2.75) is 42.5 Å². The molecule has 2 saturated heterocycles. The predicted molar refractivity (Wildman–Crippen MR) is 133 cm³/mol. The Morgan fingerprint density at radius 2 is 1.97 bits per heavy atom. The molecule has 0 saturated carbocycles. The van der Waals surface area contributed by atoms with Gasteiger partial charge in [0.15, 0.2) is 5.84 Å². The monoisotopic (exact) mass is 530 g/mol. The molecule has 4 aliphatic heterocycles. The van der Waals surface area contributed by atoms with Gasteiger partial charge in [-0.3, -0.25) is 9.52 Å². The maximum atomic E-state index is 13.8. The Balaban J connectivity index is 1.37. The van der Waals surface area contributed by atoms with Crippen LogP contribution in [0.25, 0.3) is 0 Å². The number of hydrogen-bond donors (Lipinski definition) is 3. The molecule has 1 amide bonds. The summed E-state index contributed by atoms with van der Waals surface area (Å²) in [5.74, 6) is -0.897. The van der Waals surface area contributed by atoms with Gasteiger partial charge in [0.2, 0.25) is 10.0 Å². The van der Waals surface area contributed by atoms with Crippen LogP contribution in [0, 0.1) is 11.7 Å². The lowest BCUT2D eigenvalue weighted by Crippen LogP contribution is -2.55. The first-order chi connectivity index (χ1) is 17.2. The van der Waals surface area contributed by atoms with E-state index in [1.54, 1.807) is 35.2 Å². The Hall–Kier alpha value is -3.09. The maximum absolute atomic E-state index is 13.8. The number of amidine groups is 1. The van der Waals surface area contributed by atoms with E-state index in [1.807, 2.05) is 0 Å². The minimum atomic E-state index is -3.43. The highest BCUT2D eigenvalue weighted by molar-refractivity contribution is 7.98. The van der Waals surface area contributed by atoms with E-state index >= 15 is 0 Å². The molecule has 2 fully saturated rings. The Morgan fingerprint density at radius 3 is 2.72 bits per heavy atom. The summed E-state index contributed by atoms with van der Waals surface area (Å²) >= 11 is 1.18. The normalized spacial score (nSPS) is 26.9. The van der Waals surface area contributed by atoms with Crippen LogP contribution in [0.1, 0.15) is 18.4 Å². The first kappa shape index (κ1) is 23.3. The summed E-state index contributed by atoms with van der Waals surface area (Å²) in [5.41, 5.74) is 1.80. The average molecular weight is 531 g/mol. The number of halogens is 1.